The molecule has 2 aromatic carbocycles. The van der Waals surface area contributed by atoms with Gasteiger partial charge in [0.1, 0.15) is 5.82 Å². The van der Waals surface area contributed by atoms with E-state index >= 15 is 0 Å². The van der Waals surface area contributed by atoms with E-state index in [1.807, 2.05) is 30.3 Å². The van der Waals surface area contributed by atoms with Gasteiger partial charge in [0.15, 0.2) is 0 Å². The molecule has 104 valence electrons. The topological polar surface area (TPSA) is 12.0 Å². The molecule has 1 N–H and O–H groups in total. The van der Waals surface area contributed by atoms with Gasteiger partial charge in [0.05, 0.1) is 6.04 Å². The lowest BCUT2D eigenvalue weighted by Gasteiger charge is -2.21. The summed E-state index contributed by atoms with van der Waals surface area (Å²) in [6.07, 6.45) is 2.42. The molecule has 1 aliphatic carbocycles. The Hall–Kier alpha value is -1.06. The average molecular weight is 355 g/mol. The van der Waals surface area contributed by atoms with Crippen LogP contribution in [-0.4, -0.2) is 0 Å². The highest BCUT2D eigenvalue weighted by atomic mass is 79.9. The fourth-order valence-electron chi connectivity index (χ4n) is 2.35. The summed E-state index contributed by atoms with van der Waals surface area (Å²) < 4.78 is 14.0. The van der Waals surface area contributed by atoms with Crippen molar-refractivity contribution in [2.24, 2.45) is 5.92 Å². The number of nitrogens with one attached hydrogen (secondary N) is 1. The normalized spacial score (nSPS) is 15.9. The fourth-order valence-corrected chi connectivity index (χ4v) is 3.14. The summed E-state index contributed by atoms with van der Waals surface area (Å²) >= 11 is 9.49. The number of hydrogen-bond acceptors (Lipinski definition) is 1. The summed E-state index contributed by atoms with van der Waals surface area (Å²) in [7, 11) is 0. The van der Waals surface area contributed by atoms with Crippen LogP contribution in [0.25, 0.3) is 0 Å². The molecule has 1 nitrogen and oxygen atoms in total. The molecule has 3 rings (SSSR count). The van der Waals surface area contributed by atoms with Crippen molar-refractivity contribution < 1.29 is 4.39 Å². The monoisotopic (exact) mass is 353 g/mol. The van der Waals surface area contributed by atoms with E-state index < -0.39 is 0 Å². The van der Waals surface area contributed by atoms with Crippen LogP contribution >= 0.6 is 27.5 Å². The van der Waals surface area contributed by atoms with Gasteiger partial charge in [-0.05, 0) is 70.6 Å². The second-order valence-electron chi connectivity index (χ2n) is 5.14. The second kappa shape index (κ2) is 5.74. The van der Waals surface area contributed by atoms with E-state index in [1.54, 1.807) is 0 Å². The summed E-state index contributed by atoms with van der Waals surface area (Å²) in [4.78, 5) is 0. The molecule has 1 saturated carbocycles. The molecule has 0 radical (unpaired) electrons. The number of hydrogen-bond donors (Lipinski definition) is 1. The first-order valence-electron chi connectivity index (χ1n) is 6.60. The summed E-state index contributed by atoms with van der Waals surface area (Å²) in [5, 5.41) is 4.25. The largest absolute Gasteiger partial charge is 0.377 e. The maximum atomic E-state index is 13.1. The maximum Gasteiger partial charge on any atom is 0.123 e. The van der Waals surface area contributed by atoms with Gasteiger partial charge < -0.3 is 5.32 Å². The zero-order valence-electron chi connectivity index (χ0n) is 10.7. The maximum absolute atomic E-state index is 13.1. The quantitative estimate of drug-likeness (QED) is 0.731. The predicted molar refractivity (Wildman–Crippen MR) is 84.6 cm³/mol. The molecule has 4 heteroatoms. The van der Waals surface area contributed by atoms with Crippen LogP contribution in [0.3, 0.4) is 0 Å². The van der Waals surface area contributed by atoms with Gasteiger partial charge in [-0.25, -0.2) is 4.39 Å². The highest BCUT2D eigenvalue weighted by molar-refractivity contribution is 9.10. The standard InChI is InChI=1S/C16H14BrClFN/c17-14-9-12(18)5-8-15(14)20-16(10-1-2-10)11-3-6-13(19)7-4-11/h3-10,16,20H,1-2H2. The number of anilines is 1. The highest BCUT2D eigenvalue weighted by Crippen LogP contribution is 2.43. The van der Waals surface area contributed by atoms with Crippen LogP contribution in [-0.2, 0) is 0 Å². The minimum Gasteiger partial charge on any atom is -0.377 e. The van der Waals surface area contributed by atoms with Crippen LogP contribution in [0.5, 0.6) is 0 Å². The van der Waals surface area contributed by atoms with Crippen molar-refractivity contribution in [2.75, 3.05) is 5.32 Å². The van der Waals surface area contributed by atoms with E-state index in [0.29, 0.717) is 10.9 Å². The van der Waals surface area contributed by atoms with E-state index in [4.69, 9.17) is 11.6 Å². The zero-order chi connectivity index (χ0) is 14.1. The highest BCUT2D eigenvalue weighted by Gasteiger charge is 2.32. The molecular formula is C16H14BrClFN. The first-order chi connectivity index (χ1) is 9.63. The predicted octanol–water partition coefficient (Wildman–Crippen LogP) is 5.80. The van der Waals surface area contributed by atoms with E-state index in [9.17, 15) is 4.39 Å². The van der Waals surface area contributed by atoms with Crippen molar-refractivity contribution in [1.82, 2.24) is 0 Å². The minimum absolute atomic E-state index is 0.198. The smallest absolute Gasteiger partial charge is 0.123 e. The summed E-state index contributed by atoms with van der Waals surface area (Å²) in [6.45, 7) is 0. The molecule has 0 saturated heterocycles. The molecular weight excluding hydrogens is 341 g/mol. The van der Waals surface area contributed by atoms with E-state index in [1.165, 1.54) is 25.0 Å². The number of benzene rings is 2. The zero-order valence-corrected chi connectivity index (χ0v) is 13.1. The number of halogens is 3. The first-order valence-corrected chi connectivity index (χ1v) is 7.77. The van der Waals surface area contributed by atoms with Gasteiger partial charge in [-0.2, -0.15) is 0 Å². The molecule has 2 aromatic rings. The second-order valence-corrected chi connectivity index (χ2v) is 6.43. The SMILES string of the molecule is Fc1ccc(C(Nc2ccc(Cl)cc2Br)C2CC2)cc1. The molecule has 1 atom stereocenters. The van der Waals surface area contributed by atoms with Gasteiger partial charge in [0, 0.05) is 15.2 Å². The van der Waals surface area contributed by atoms with Crippen LogP contribution in [0.2, 0.25) is 5.02 Å². The molecule has 0 bridgehead atoms. The fraction of sp³-hybridized carbons (Fsp3) is 0.250. The van der Waals surface area contributed by atoms with Crippen molar-refractivity contribution >= 4 is 33.2 Å². The van der Waals surface area contributed by atoms with Gasteiger partial charge in [0.25, 0.3) is 0 Å². The van der Waals surface area contributed by atoms with E-state index in [2.05, 4.69) is 21.2 Å². The van der Waals surface area contributed by atoms with E-state index in [-0.39, 0.29) is 11.9 Å². The van der Waals surface area contributed by atoms with Crippen LogP contribution in [0.1, 0.15) is 24.4 Å². The Morgan fingerprint density at radius 1 is 1.15 bits per heavy atom. The van der Waals surface area contributed by atoms with Crippen molar-refractivity contribution in [3.05, 3.63) is 63.3 Å². The first kappa shape index (κ1) is 13.9. The van der Waals surface area contributed by atoms with Crippen molar-refractivity contribution in [1.29, 1.82) is 0 Å². The van der Waals surface area contributed by atoms with Crippen LogP contribution in [0.4, 0.5) is 10.1 Å². The van der Waals surface area contributed by atoms with Crippen molar-refractivity contribution in [2.45, 2.75) is 18.9 Å². The Morgan fingerprint density at radius 2 is 1.85 bits per heavy atom. The van der Waals surface area contributed by atoms with Gasteiger partial charge in [-0.3, -0.25) is 0 Å². The molecule has 1 unspecified atom stereocenters. The molecule has 1 aliphatic rings. The third-order valence-electron chi connectivity index (χ3n) is 3.56. The molecule has 20 heavy (non-hydrogen) atoms. The third kappa shape index (κ3) is 3.15. The lowest BCUT2D eigenvalue weighted by molar-refractivity contribution is 0.622. The third-order valence-corrected chi connectivity index (χ3v) is 4.46. The molecule has 0 aliphatic heterocycles. The molecule has 0 spiro atoms. The lowest BCUT2D eigenvalue weighted by Crippen LogP contribution is -2.13. The summed E-state index contributed by atoms with van der Waals surface area (Å²) in [5.41, 5.74) is 2.13. The van der Waals surface area contributed by atoms with Crippen LogP contribution < -0.4 is 5.32 Å². The molecule has 1 fully saturated rings. The molecule has 0 aromatic heterocycles. The van der Waals surface area contributed by atoms with Crippen molar-refractivity contribution in [3.63, 3.8) is 0 Å². The molecule has 0 heterocycles. The van der Waals surface area contributed by atoms with Gasteiger partial charge in [0.2, 0.25) is 0 Å². The van der Waals surface area contributed by atoms with Gasteiger partial charge in [-0.1, -0.05) is 23.7 Å². The van der Waals surface area contributed by atoms with Gasteiger partial charge >= 0.3 is 0 Å². The lowest BCUT2D eigenvalue weighted by atomic mass is 10.0. The molecule has 0 amide bonds. The summed E-state index contributed by atoms with van der Waals surface area (Å²) in [6, 6.07) is 12.7. The minimum atomic E-state index is -0.198. The Balaban J connectivity index is 1.86. The Bertz CT molecular complexity index is 610. The van der Waals surface area contributed by atoms with Crippen LogP contribution in [0, 0.1) is 11.7 Å². The average Bonchev–Trinajstić information content (AvgIpc) is 3.24. The Kier molecular flexibility index (Phi) is 3.99. The van der Waals surface area contributed by atoms with Crippen molar-refractivity contribution in [3.8, 4) is 0 Å². The van der Waals surface area contributed by atoms with Crippen LogP contribution in [0.15, 0.2) is 46.9 Å². The van der Waals surface area contributed by atoms with Gasteiger partial charge in [-0.15, -0.1) is 0 Å². The van der Waals surface area contributed by atoms with E-state index in [0.717, 1.165) is 15.7 Å². The summed E-state index contributed by atoms with van der Waals surface area (Å²) in [5.74, 6) is 0.416. The Labute approximate surface area is 131 Å². The number of rotatable bonds is 4. The Morgan fingerprint density at radius 3 is 2.45 bits per heavy atom.